The van der Waals surface area contributed by atoms with Crippen molar-refractivity contribution < 1.29 is 4.74 Å². The van der Waals surface area contributed by atoms with Crippen molar-refractivity contribution in [2.45, 2.75) is 27.3 Å². The molecule has 0 aromatic heterocycles. The average molecular weight is 207 g/mol. The molecule has 0 saturated heterocycles. The van der Waals surface area contributed by atoms with Gasteiger partial charge in [0.25, 0.3) is 0 Å². The lowest BCUT2D eigenvalue weighted by atomic mass is 10.1. The van der Waals surface area contributed by atoms with E-state index < -0.39 is 0 Å². The van der Waals surface area contributed by atoms with Crippen molar-refractivity contribution in [2.24, 2.45) is 0 Å². The highest BCUT2D eigenvalue weighted by atomic mass is 16.5. The summed E-state index contributed by atoms with van der Waals surface area (Å²) in [6.07, 6.45) is 0. The number of benzene rings is 1. The van der Waals surface area contributed by atoms with E-state index in [1.165, 1.54) is 16.7 Å². The number of hydrogen-bond donors (Lipinski definition) is 1. The third-order valence-corrected chi connectivity index (χ3v) is 2.44. The normalized spacial score (nSPS) is 10.6. The van der Waals surface area contributed by atoms with Crippen molar-refractivity contribution in [2.75, 3.05) is 19.8 Å². The maximum atomic E-state index is 5.26. The van der Waals surface area contributed by atoms with Crippen LogP contribution in [-0.2, 0) is 11.3 Å². The molecular formula is C13H21NO. The summed E-state index contributed by atoms with van der Waals surface area (Å²) in [4.78, 5) is 0. The zero-order chi connectivity index (χ0) is 11.1. The summed E-state index contributed by atoms with van der Waals surface area (Å²) in [5.74, 6) is 0. The lowest BCUT2D eigenvalue weighted by Gasteiger charge is -2.08. The van der Waals surface area contributed by atoms with Crippen LogP contribution in [0, 0.1) is 13.8 Å². The van der Waals surface area contributed by atoms with Gasteiger partial charge in [-0.3, -0.25) is 0 Å². The van der Waals surface area contributed by atoms with Crippen LogP contribution in [0.2, 0.25) is 0 Å². The highest BCUT2D eigenvalue weighted by molar-refractivity contribution is 5.30. The van der Waals surface area contributed by atoms with Crippen LogP contribution in [0.1, 0.15) is 23.6 Å². The summed E-state index contributed by atoms with van der Waals surface area (Å²) in [5, 5.41) is 3.37. The van der Waals surface area contributed by atoms with Gasteiger partial charge in [0.15, 0.2) is 0 Å². The molecule has 84 valence electrons. The number of ether oxygens (including phenoxy) is 1. The Hall–Kier alpha value is -0.860. The quantitative estimate of drug-likeness (QED) is 0.723. The Kier molecular flexibility index (Phi) is 5.37. The molecule has 1 aromatic rings. The fourth-order valence-corrected chi connectivity index (χ4v) is 1.56. The second kappa shape index (κ2) is 6.59. The van der Waals surface area contributed by atoms with Gasteiger partial charge in [-0.05, 0) is 31.9 Å². The minimum absolute atomic E-state index is 0.793. The van der Waals surface area contributed by atoms with E-state index in [1.807, 2.05) is 6.92 Å². The van der Waals surface area contributed by atoms with E-state index in [-0.39, 0.29) is 0 Å². The van der Waals surface area contributed by atoms with Crippen LogP contribution in [0.15, 0.2) is 18.2 Å². The molecular weight excluding hydrogens is 186 g/mol. The number of rotatable bonds is 6. The summed E-state index contributed by atoms with van der Waals surface area (Å²) in [7, 11) is 0. The van der Waals surface area contributed by atoms with Crippen LogP contribution in [0.3, 0.4) is 0 Å². The van der Waals surface area contributed by atoms with Gasteiger partial charge in [0.05, 0.1) is 6.61 Å². The van der Waals surface area contributed by atoms with Crippen molar-refractivity contribution in [3.05, 3.63) is 34.9 Å². The third-order valence-electron chi connectivity index (χ3n) is 2.44. The van der Waals surface area contributed by atoms with Crippen molar-refractivity contribution >= 4 is 0 Å². The smallest absolute Gasteiger partial charge is 0.0590 e. The molecule has 0 radical (unpaired) electrons. The van der Waals surface area contributed by atoms with Gasteiger partial charge in [-0.1, -0.05) is 23.8 Å². The second-order valence-corrected chi connectivity index (χ2v) is 3.80. The number of hydrogen-bond acceptors (Lipinski definition) is 2. The topological polar surface area (TPSA) is 21.3 Å². The largest absolute Gasteiger partial charge is 0.380 e. The van der Waals surface area contributed by atoms with E-state index in [9.17, 15) is 0 Å². The van der Waals surface area contributed by atoms with Crippen LogP contribution < -0.4 is 5.32 Å². The van der Waals surface area contributed by atoms with Crippen molar-refractivity contribution in [3.63, 3.8) is 0 Å². The summed E-state index contributed by atoms with van der Waals surface area (Å²) in [5.41, 5.74) is 4.06. The molecule has 1 rings (SSSR count). The third kappa shape index (κ3) is 4.45. The van der Waals surface area contributed by atoms with E-state index in [2.05, 4.69) is 37.4 Å². The van der Waals surface area contributed by atoms with Gasteiger partial charge in [-0.15, -0.1) is 0 Å². The van der Waals surface area contributed by atoms with Gasteiger partial charge in [-0.25, -0.2) is 0 Å². The molecule has 0 spiro atoms. The van der Waals surface area contributed by atoms with Crippen LogP contribution >= 0.6 is 0 Å². The standard InChI is InChI=1S/C13H21NO/c1-4-15-8-7-14-10-13-6-5-11(2)9-12(13)3/h5-6,9,14H,4,7-8,10H2,1-3H3. The molecule has 2 nitrogen and oxygen atoms in total. The SMILES string of the molecule is CCOCCNCc1ccc(C)cc1C. The molecule has 1 aromatic carbocycles. The molecule has 0 atom stereocenters. The van der Waals surface area contributed by atoms with Crippen LogP contribution in [0.25, 0.3) is 0 Å². The molecule has 0 unspecified atom stereocenters. The molecule has 0 aliphatic heterocycles. The minimum atomic E-state index is 0.793. The highest BCUT2D eigenvalue weighted by Gasteiger charge is 1.97. The Balaban J connectivity index is 2.31. The summed E-state index contributed by atoms with van der Waals surface area (Å²) in [6, 6.07) is 6.57. The molecule has 0 aliphatic carbocycles. The van der Waals surface area contributed by atoms with Gasteiger partial charge >= 0.3 is 0 Å². The van der Waals surface area contributed by atoms with E-state index in [4.69, 9.17) is 4.74 Å². The minimum Gasteiger partial charge on any atom is -0.380 e. The van der Waals surface area contributed by atoms with Gasteiger partial charge < -0.3 is 10.1 Å². The predicted octanol–water partition coefficient (Wildman–Crippen LogP) is 2.43. The van der Waals surface area contributed by atoms with Crippen molar-refractivity contribution in [3.8, 4) is 0 Å². The highest BCUT2D eigenvalue weighted by Crippen LogP contribution is 2.09. The van der Waals surface area contributed by atoms with Gasteiger partial charge in [-0.2, -0.15) is 0 Å². The van der Waals surface area contributed by atoms with Crippen LogP contribution in [-0.4, -0.2) is 19.8 Å². The zero-order valence-corrected chi connectivity index (χ0v) is 9.97. The lowest BCUT2D eigenvalue weighted by Crippen LogP contribution is -2.19. The lowest BCUT2D eigenvalue weighted by molar-refractivity contribution is 0.149. The Morgan fingerprint density at radius 2 is 2.07 bits per heavy atom. The molecule has 2 heteroatoms. The first-order chi connectivity index (χ1) is 7.24. The molecule has 0 aliphatic rings. The molecule has 1 N–H and O–H groups in total. The van der Waals surface area contributed by atoms with E-state index in [0.717, 1.165) is 26.3 Å². The van der Waals surface area contributed by atoms with Crippen LogP contribution in [0.5, 0.6) is 0 Å². The first-order valence-electron chi connectivity index (χ1n) is 5.58. The molecule has 0 fully saturated rings. The number of nitrogens with one attached hydrogen (secondary N) is 1. The maximum absolute atomic E-state index is 5.26. The predicted molar refractivity (Wildman–Crippen MR) is 64.1 cm³/mol. The molecule has 15 heavy (non-hydrogen) atoms. The molecule has 0 amide bonds. The Morgan fingerprint density at radius 1 is 1.27 bits per heavy atom. The maximum Gasteiger partial charge on any atom is 0.0590 e. The number of aryl methyl sites for hydroxylation is 2. The van der Waals surface area contributed by atoms with Gasteiger partial charge in [0.1, 0.15) is 0 Å². The van der Waals surface area contributed by atoms with Gasteiger partial charge in [0, 0.05) is 19.7 Å². The molecule has 0 saturated carbocycles. The first-order valence-corrected chi connectivity index (χ1v) is 5.58. The zero-order valence-electron chi connectivity index (χ0n) is 9.97. The fraction of sp³-hybridized carbons (Fsp3) is 0.538. The first kappa shape index (κ1) is 12.2. The van der Waals surface area contributed by atoms with E-state index >= 15 is 0 Å². The molecule has 0 heterocycles. The Morgan fingerprint density at radius 3 is 2.73 bits per heavy atom. The van der Waals surface area contributed by atoms with Crippen molar-refractivity contribution in [1.29, 1.82) is 0 Å². The summed E-state index contributed by atoms with van der Waals surface area (Å²) < 4.78 is 5.26. The van der Waals surface area contributed by atoms with E-state index in [1.54, 1.807) is 0 Å². The molecule has 0 bridgehead atoms. The monoisotopic (exact) mass is 207 g/mol. The van der Waals surface area contributed by atoms with Crippen LogP contribution in [0.4, 0.5) is 0 Å². The van der Waals surface area contributed by atoms with Gasteiger partial charge in [0.2, 0.25) is 0 Å². The average Bonchev–Trinajstić information content (AvgIpc) is 2.20. The van der Waals surface area contributed by atoms with Crippen molar-refractivity contribution in [1.82, 2.24) is 5.32 Å². The second-order valence-electron chi connectivity index (χ2n) is 3.80. The summed E-state index contributed by atoms with van der Waals surface area (Å²) >= 11 is 0. The van der Waals surface area contributed by atoms with E-state index in [0.29, 0.717) is 0 Å². The summed E-state index contributed by atoms with van der Waals surface area (Å²) in [6.45, 7) is 9.74. The fourth-order valence-electron chi connectivity index (χ4n) is 1.56. The Bertz CT molecular complexity index is 297. The Labute approximate surface area is 92.6 Å².